The Morgan fingerprint density at radius 2 is 2.22 bits per heavy atom. The van der Waals surface area contributed by atoms with E-state index in [0.29, 0.717) is 26.2 Å². The molecule has 4 nitrogen and oxygen atoms in total. The zero-order valence-electron chi connectivity index (χ0n) is 9.84. The SMILES string of the molecule is Cl.NCC1CN(C(=O)c2ccccc2F)CCO1. The molecule has 18 heavy (non-hydrogen) atoms. The molecule has 1 saturated heterocycles. The molecule has 1 heterocycles. The predicted molar refractivity (Wildman–Crippen MR) is 68.3 cm³/mol. The van der Waals surface area contributed by atoms with Crippen molar-refractivity contribution in [1.82, 2.24) is 4.90 Å². The van der Waals surface area contributed by atoms with Crippen LogP contribution in [-0.2, 0) is 4.74 Å². The van der Waals surface area contributed by atoms with Gasteiger partial charge in [-0.1, -0.05) is 12.1 Å². The third-order valence-corrected chi connectivity index (χ3v) is 2.79. The van der Waals surface area contributed by atoms with E-state index in [4.69, 9.17) is 10.5 Å². The Morgan fingerprint density at radius 1 is 1.50 bits per heavy atom. The largest absolute Gasteiger partial charge is 0.373 e. The Bertz CT molecular complexity index is 417. The standard InChI is InChI=1S/C12H15FN2O2.ClH/c13-11-4-2-1-3-10(11)12(16)15-5-6-17-9(7-14)8-15;/h1-4,9H,5-8,14H2;1H. The van der Waals surface area contributed by atoms with Crippen LogP contribution < -0.4 is 5.73 Å². The fraction of sp³-hybridized carbons (Fsp3) is 0.417. The van der Waals surface area contributed by atoms with Gasteiger partial charge in [-0.25, -0.2) is 4.39 Å². The van der Waals surface area contributed by atoms with E-state index in [-0.39, 0.29) is 30.0 Å². The van der Waals surface area contributed by atoms with Gasteiger partial charge in [0.25, 0.3) is 5.91 Å². The van der Waals surface area contributed by atoms with E-state index in [1.165, 1.54) is 12.1 Å². The average Bonchev–Trinajstić information content (AvgIpc) is 2.38. The van der Waals surface area contributed by atoms with Crippen molar-refractivity contribution in [3.63, 3.8) is 0 Å². The van der Waals surface area contributed by atoms with Crippen molar-refractivity contribution in [3.05, 3.63) is 35.6 Å². The van der Waals surface area contributed by atoms with Gasteiger partial charge in [0.15, 0.2) is 0 Å². The number of rotatable bonds is 2. The summed E-state index contributed by atoms with van der Waals surface area (Å²) in [7, 11) is 0. The molecule has 0 spiro atoms. The summed E-state index contributed by atoms with van der Waals surface area (Å²) in [4.78, 5) is 13.7. The van der Waals surface area contributed by atoms with Crippen LogP contribution >= 0.6 is 12.4 Å². The Kier molecular flexibility index (Phi) is 5.53. The van der Waals surface area contributed by atoms with Gasteiger partial charge in [0.2, 0.25) is 0 Å². The first-order chi connectivity index (χ1) is 8.22. The zero-order chi connectivity index (χ0) is 12.3. The molecule has 0 bridgehead atoms. The minimum atomic E-state index is -0.492. The van der Waals surface area contributed by atoms with Crippen molar-refractivity contribution in [2.24, 2.45) is 5.73 Å². The molecule has 100 valence electrons. The van der Waals surface area contributed by atoms with E-state index in [2.05, 4.69) is 0 Å². The van der Waals surface area contributed by atoms with Gasteiger partial charge in [0, 0.05) is 19.6 Å². The Hall–Kier alpha value is -1.17. The van der Waals surface area contributed by atoms with Crippen molar-refractivity contribution in [2.75, 3.05) is 26.2 Å². The molecule has 1 aliphatic heterocycles. The van der Waals surface area contributed by atoms with E-state index in [9.17, 15) is 9.18 Å². The number of carbonyl (C=O) groups is 1. The Morgan fingerprint density at radius 3 is 2.89 bits per heavy atom. The molecule has 1 aromatic carbocycles. The highest BCUT2D eigenvalue weighted by Crippen LogP contribution is 2.13. The van der Waals surface area contributed by atoms with Crippen LogP contribution in [-0.4, -0.2) is 43.2 Å². The quantitative estimate of drug-likeness (QED) is 0.877. The molecule has 0 aliphatic carbocycles. The smallest absolute Gasteiger partial charge is 0.256 e. The van der Waals surface area contributed by atoms with Crippen LogP contribution in [0.15, 0.2) is 24.3 Å². The number of benzene rings is 1. The third kappa shape index (κ3) is 3.19. The lowest BCUT2D eigenvalue weighted by molar-refractivity contribution is -0.0169. The van der Waals surface area contributed by atoms with Crippen molar-refractivity contribution in [3.8, 4) is 0 Å². The van der Waals surface area contributed by atoms with Gasteiger partial charge in [-0.2, -0.15) is 0 Å². The molecule has 2 N–H and O–H groups in total. The first-order valence-corrected chi connectivity index (χ1v) is 5.58. The number of morpholine rings is 1. The normalized spacial score (nSPS) is 19.2. The molecule has 6 heteroatoms. The molecule has 1 fully saturated rings. The van der Waals surface area contributed by atoms with Crippen molar-refractivity contribution < 1.29 is 13.9 Å². The fourth-order valence-corrected chi connectivity index (χ4v) is 1.85. The molecule has 0 radical (unpaired) electrons. The van der Waals surface area contributed by atoms with E-state index >= 15 is 0 Å². The van der Waals surface area contributed by atoms with E-state index in [1.807, 2.05) is 0 Å². The van der Waals surface area contributed by atoms with Crippen LogP contribution in [0.5, 0.6) is 0 Å². The number of carbonyl (C=O) groups excluding carboxylic acids is 1. The fourth-order valence-electron chi connectivity index (χ4n) is 1.85. The van der Waals surface area contributed by atoms with Crippen LogP contribution in [0.4, 0.5) is 4.39 Å². The minimum absolute atomic E-state index is 0. The summed E-state index contributed by atoms with van der Waals surface area (Å²) >= 11 is 0. The molecule has 2 rings (SSSR count). The lowest BCUT2D eigenvalue weighted by Gasteiger charge is -2.32. The number of amides is 1. The second-order valence-electron chi connectivity index (χ2n) is 3.96. The Labute approximate surface area is 111 Å². The first kappa shape index (κ1) is 14.9. The van der Waals surface area contributed by atoms with Gasteiger partial charge in [-0.3, -0.25) is 4.79 Å². The molecule has 1 amide bonds. The van der Waals surface area contributed by atoms with E-state index in [1.54, 1.807) is 17.0 Å². The summed E-state index contributed by atoms with van der Waals surface area (Å²) in [5, 5.41) is 0. The molecule has 1 aliphatic rings. The summed E-state index contributed by atoms with van der Waals surface area (Å²) in [5.74, 6) is -0.793. The van der Waals surface area contributed by atoms with Gasteiger partial charge in [0.05, 0.1) is 18.3 Å². The average molecular weight is 275 g/mol. The van der Waals surface area contributed by atoms with E-state index < -0.39 is 5.82 Å². The topological polar surface area (TPSA) is 55.6 Å². The number of hydrogen-bond donors (Lipinski definition) is 1. The maximum Gasteiger partial charge on any atom is 0.256 e. The number of nitrogens with two attached hydrogens (primary N) is 1. The molecular formula is C12H16ClFN2O2. The van der Waals surface area contributed by atoms with Crippen molar-refractivity contribution in [1.29, 1.82) is 0 Å². The number of nitrogens with zero attached hydrogens (tertiary/aromatic N) is 1. The minimum Gasteiger partial charge on any atom is -0.373 e. The molecule has 0 saturated carbocycles. The lowest BCUT2D eigenvalue weighted by atomic mass is 10.1. The van der Waals surface area contributed by atoms with Gasteiger partial charge >= 0.3 is 0 Å². The van der Waals surface area contributed by atoms with Gasteiger partial charge in [-0.05, 0) is 12.1 Å². The molecular weight excluding hydrogens is 259 g/mol. The summed E-state index contributed by atoms with van der Waals surface area (Å²) < 4.78 is 18.8. The van der Waals surface area contributed by atoms with Crippen LogP contribution in [0, 0.1) is 5.82 Å². The highest BCUT2D eigenvalue weighted by molar-refractivity contribution is 5.94. The van der Waals surface area contributed by atoms with Crippen LogP contribution in [0.1, 0.15) is 10.4 Å². The summed E-state index contributed by atoms with van der Waals surface area (Å²) in [5.41, 5.74) is 5.60. The highest BCUT2D eigenvalue weighted by atomic mass is 35.5. The van der Waals surface area contributed by atoms with Crippen LogP contribution in [0.2, 0.25) is 0 Å². The van der Waals surface area contributed by atoms with Crippen LogP contribution in [0.25, 0.3) is 0 Å². The second-order valence-corrected chi connectivity index (χ2v) is 3.96. The molecule has 1 unspecified atom stereocenters. The van der Waals surface area contributed by atoms with Gasteiger partial charge in [-0.15, -0.1) is 12.4 Å². The zero-order valence-corrected chi connectivity index (χ0v) is 10.7. The van der Waals surface area contributed by atoms with Crippen molar-refractivity contribution >= 4 is 18.3 Å². The lowest BCUT2D eigenvalue weighted by Crippen LogP contribution is -2.48. The van der Waals surface area contributed by atoms with Gasteiger partial charge in [0.1, 0.15) is 5.82 Å². The summed E-state index contributed by atoms with van der Waals surface area (Å²) in [6, 6.07) is 5.99. The molecule has 0 aromatic heterocycles. The molecule has 1 aromatic rings. The maximum absolute atomic E-state index is 13.5. The summed E-state index contributed by atoms with van der Waals surface area (Å²) in [6.45, 7) is 1.70. The van der Waals surface area contributed by atoms with E-state index in [0.717, 1.165) is 0 Å². The summed E-state index contributed by atoms with van der Waals surface area (Å²) in [6.07, 6.45) is -0.153. The van der Waals surface area contributed by atoms with Gasteiger partial charge < -0.3 is 15.4 Å². The third-order valence-electron chi connectivity index (χ3n) is 2.79. The highest BCUT2D eigenvalue weighted by Gasteiger charge is 2.25. The van der Waals surface area contributed by atoms with Crippen LogP contribution in [0.3, 0.4) is 0 Å². The number of ether oxygens (including phenoxy) is 1. The maximum atomic E-state index is 13.5. The number of halogens is 2. The van der Waals surface area contributed by atoms with Crippen molar-refractivity contribution in [2.45, 2.75) is 6.10 Å². The Balaban J connectivity index is 0.00000162. The second kappa shape index (κ2) is 6.68. The first-order valence-electron chi connectivity index (χ1n) is 5.58. The predicted octanol–water partition coefficient (Wildman–Crippen LogP) is 1.05. The molecule has 1 atom stereocenters. The monoisotopic (exact) mass is 274 g/mol. The number of hydrogen-bond acceptors (Lipinski definition) is 3.